The predicted octanol–water partition coefficient (Wildman–Crippen LogP) is 3.50. The van der Waals surface area contributed by atoms with E-state index in [0.29, 0.717) is 11.3 Å². The van der Waals surface area contributed by atoms with Gasteiger partial charge in [-0.2, -0.15) is 0 Å². The first-order chi connectivity index (χ1) is 12.6. The zero-order chi connectivity index (χ0) is 20.2. The van der Waals surface area contributed by atoms with Crippen molar-refractivity contribution in [3.8, 4) is 5.75 Å². The van der Waals surface area contributed by atoms with Crippen molar-refractivity contribution in [3.05, 3.63) is 59.2 Å². The Balaban J connectivity index is 2.26. The number of carbonyl (C=O) groups is 1. The first-order valence-electron chi connectivity index (χ1n) is 8.64. The highest BCUT2D eigenvalue weighted by Gasteiger charge is 2.20. The van der Waals surface area contributed by atoms with Gasteiger partial charge in [0.2, 0.25) is 10.0 Å². The molecule has 0 aromatic heterocycles. The molecule has 0 fully saturated rings. The maximum absolute atomic E-state index is 12.8. The number of amides is 1. The Labute approximate surface area is 161 Å². The fraction of sp³-hybridized carbons (Fsp3) is 0.350. The van der Waals surface area contributed by atoms with E-state index in [9.17, 15) is 13.2 Å². The molecule has 0 aliphatic heterocycles. The van der Waals surface area contributed by atoms with Gasteiger partial charge in [-0.1, -0.05) is 32.0 Å². The van der Waals surface area contributed by atoms with Gasteiger partial charge in [0.1, 0.15) is 5.75 Å². The van der Waals surface area contributed by atoms with Crippen molar-refractivity contribution in [2.45, 2.75) is 26.8 Å². The maximum Gasteiger partial charge on any atom is 0.251 e. The lowest BCUT2D eigenvalue weighted by atomic mass is 9.95. The molecule has 2 aromatic carbocycles. The van der Waals surface area contributed by atoms with Crippen LogP contribution in [0.5, 0.6) is 5.75 Å². The van der Waals surface area contributed by atoms with Gasteiger partial charge in [-0.05, 0) is 48.2 Å². The number of aryl methyl sites for hydroxylation is 1. The zero-order valence-corrected chi connectivity index (χ0v) is 17.1. The summed E-state index contributed by atoms with van der Waals surface area (Å²) in [6.07, 6.45) is 1.08. The van der Waals surface area contributed by atoms with Gasteiger partial charge in [-0.25, -0.2) is 8.42 Å². The van der Waals surface area contributed by atoms with Gasteiger partial charge >= 0.3 is 0 Å². The molecule has 6 nitrogen and oxygen atoms in total. The lowest BCUT2D eigenvalue weighted by Crippen LogP contribution is -2.31. The molecule has 0 radical (unpaired) electrons. The second-order valence-corrected chi connectivity index (χ2v) is 8.62. The van der Waals surface area contributed by atoms with Crippen LogP contribution in [0.25, 0.3) is 0 Å². The molecular weight excluding hydrogens is 364 g/mol. The standard InChI is InChI=1S/C20H26N2O4S/c1-13(2)19(15-8-10-17(26-4)11-9-15)21-20(23)16-7-6-14(3)18(12-16)22-27(5,24)25/h6-13,19,22H,1-5H3,(H,21,23). The molecule has 0 saturated carbocycles. The second-order valence-electron chi connectivity index (χ2n) is 6.87. The third kappa shape index (κ3) is 5.72. The molecule has 0 aliphatic carbocycles. The fourth-order valence-electron chi connectivity index (χ4n) is 2.74. The van der Waals surface area contributed by atoms with Crippen molar-refractivity contribution in [1.29, 1.82) is 0 Å². The number of carbonyl (C=O) groups excluding carboxylic acids is 1. The first kappa shape index (κ1) is 20.8. The number of methoxy groups -OCH3 is 1. The minimum Gasteiger partial charge on any atom is -0.497 e. The SMILES string of the molecule is COc1ccc(C(NC(=O)c2ccc(C)c(NS(C)(=O)=O)c2)C(C)C)cc1. The van der Waals surface area contributed by atoms with Crippen LogP contribution in [0.2, 0.25) is 0 Å². The third-order valence-electron chi connectivity index (χ3n) is 4.22. The molecule has 0 heterocycles. The summed E-state index contributed by atoms with van der Waals surface area (Å²) in [6.45, 7) is 5.84. The van der Waals surface area contributed by atoms with E-state index >= 15 is 0 Å². The van der Waals surface area contributed by atoms with Crippen LogP contribution in [-0.4, -0.2) is 27.7 Å². The molecule has 2 aromatic rings. The first-order valence-corrected chi connectivity index (χ1v) is 10.5. The monoisotopic (exact) mass is 390 g/mol. The van der Waals surface area contributed by atoms with Crippen molar-refractivity contribution < 1.29 is 17.9 Å². The fourth-order valence-corrected chi connectivity index (χ4v) is 3.36. The molecule has 1 amide bonds. The number of rotatable bonds is 7. The van der Waals surface area contributed by atoms with Gasteiger partial charge in [0, 0.05) is 5.56 Å². The van der Waals surface area contributed by atoms with Gasteiger partial charge in [-0.3, -0.25) is 9.52 Å². The van der Waals surface area contributed by atoms with Gasteiger partial charge in [0.15, 0.2) is 0 Å². The predicted molar refractivity (Wildman–Crippen MR) is 108 cm³/mol. The van der Waals surface area contributed by atoms with E-state index in [-0.39, 0.29) is 17.9 Å². The van der Waals surface area contributed by atoms with Crippen molar-refractivity contribution >= 4 is 21.6 Å². The summed E-state index contributed by atoms with van der Waals surface area (Å²) in [5.41, 5.74) is 2.51. The van der Waals surface area contributed by atoms with Gasteiger partial charge in [0.05, 0.1) is 25.1 Å². The summed E-state index contributed by atoms with van der Waals surface area (Å²) in [5.74, 6) is 0.657. The summed E-state index contributed by atoms with van der Waals surface area (Å²) >= 11 is 0. The molecule has 2 rings (SSSR count). The average Bonchev–Trinajstić information content (AvgIpc) is 2.60. The number of anilines is 1. The van der Waals surface area contributed by atoms with Gasteiger partial charge in [-0.15, -0.1) is 0 Å². The van der Waals surface area contributed by atoms with Crippen molar-refractivity contribution in [3.63, 3.8) is 0 Å². The topological polar surface area (TPSA) is 84.5 Å². The average molecular weight is 391 g/mol. The largest absolute Gasteiger partial charge is 0.497 e. The van der Waals surface area contributed by atoms with E-state index in [1.54, 1.807) is 32.2 Å². The number of ether oxygens (including phenoxy) is 1. The second kappa shape index (κ2) is 8.43. The summed E-state index contributed by atoms with van der Waals surface area (Å²) < 4.78 is 30.7. The summed E-state index contributed by atoms with van der Waals surface area (Å²) in [7, 11) is -1.81. The summed E-state index contributed by atoms with van der Waals surface area (Å²) in [4.78, 5) is 12.8. The van der Waals surface area contributed by atoms with E-state index in [1.807, 2.05) is 38.1 Å². The van der Waals surface area contributed by atoms with Gasteiger partial charge in [0.25, 0.3) is 5.91 Å². The molecule has 0 spiro atoms. The Morgan fingerprint density at radius 2 is 1.70 bits per heavy atom. The van der Waals surface area contributed by atoms with Crippen LogP contribution in [0.4, 0.5) is 5.69 Å². The van der Waals surface area contributed by atoms with Crippen LogP contribution in [0, 0.1) is 12.8 Å². The van der Waals surface area contributed by atoms with E-state index in [4.69, 9.17) is 4.74 Å². The molecule has 1 unspecified atom stereocenters. The Morgan fingerprint density at radius 3 is 2.22 bits per heavy atom. The Hall–Kier alpha value is -2.54. The number of hydrogen-bond donors (Lipinski definition) is 2. The zero-order valence-electron chi connectivity index (χ0n) is 16.2. The lowest BCUT2D eigenvalue weighted by molar-refractivity contribution is 0.0925. The third-order valence-corrected chi connectivity index (χ3v) is 4.81. The Bertz CT molecular complexity index is 906. The van der Waals surface area contributed by atoms with Crippen molar-refractivity contribution in [1.82, 2.24) is 5.32 Å². The van der Waals surface area contributed by atoms with E-state index in [0.717, 1.165) is 23.1 Å². The van der Waals surface area contributed by atoms with E-state index in [1.165, 1.54) is 0 Å². The molecule has 2 N–H and O–H groups in total. The molecule has 7 heteroatoms. The molecule has 27 heavy (non-hydrogen) atoms. The number of nitrogens with one attached hydrogen (secondary N) is 2. The molecule has 0 saturated heterocycles. The van der Waals surface area contributed by atoms with Crippen LogP contribution in [0.15, 0.2) is 42.5 Å². The smallest absolute Gasteiger partial charge is 0.251 e. The normalized spacial score (nSPS) is 12.5. The van der Waals surface area contributed by atoms with Crippen LogP contribution in [0.1, 0.15) is 41.4 Å². The summed E-state index contributed by atoms with van der Waals surface area (Å²) in [6, 6.07) is 12.3. The Morgan fingerprint density at radius 1 is 1.07 bits per heavy atom. The van der Waals surface area contributed by atoms with Crippen molar-refractivity contribution in [2.24, 2.45) is 5.92 Å². The number of benzene rings is 2. The highest BCUT2D eigenvalue weighted by atomic mass is 32.2. The number of sulfonamides is 1. The van der Waals surface area contributed by atoms with Crippen LogP contribution >= 0.6 is 0 Å². The van der Waals surface area contributed by atoms with Crippen LogP contribution in [0.3, 0.4) is 0 Å². The molecule has 146 valence electrons. The van der Waals surface area contributed by atoms with Crippen molar-refractivity contribution in [2.75, 3.05) is 18.1 Å². The lowest BCUT2D eigenvalue weighted by Gasteiger charge is -2.23. The highest BCUT2D eigenvalue weighted by Crippen LogP contribution is 2.25. The number of hydrogen-bond acceptors (Lipinski definition) is 4. The Kier molecular flexibility index (Phi) is 6.49. The molecule has 0 bridgehead atoms. The minimum absolute atomic E-state index is 0.168. The van der Waals surface area contributed by atoms with E-state index < -0.39 is 10.0 Å². The highest BCUT2D eigenvalue weighted by molar-refractivity contribution is 7.92. The summed E-state index contributed by atoms with van der Waals surface area (Å²) in [5, 5.41) is 3.04. The van der Waals surface area contributed by atoms with Crippen LogP contribution in [-0.2, 0) is 10.0 Å². The van der Waals surface area contributed by atoms with Gasteiger partial charge < -0.3 is 10.1 Å². The minimum atomic E-state index is -3.42. The quantitative estimate of drug-likeness (QED) is 0.758. The molecule has 1 atom stereocenters. The van der Waals surface area contributed by atoms with E-state index in [2.05, 4.69) is 10.0 Å². The maximum atomic E-state index is 12.8. The molecule has 0 aliphatic rings. The molecular formula is C20H26N2O4S. The van der Waals surface area contributed by atoms with Crippen LogP contribution < -0.4 is 14.8 Å².